The third-order valence-electron chi connectivity index (χ3n) is 3.08. The number of anilines is 1. The molecule has 0 heterocycles. The molecule has 0 fully saturated rings. The molecule has 2 aromatic carbocycles. The molecule has 1 N–H and O–H groups in total. The van der Waals surface area contributed by atoms with Gasteiger partial charge in [-0.2, -0.15) is 0 Å². The van der Waals surface area contributed by atoms with Gasteiger partial charge in [0.25, 0.3) is 5.91 Å². The van der Waals surface area contributed by atoms with Gasteiger partial charge in [0.05, 0.1) is 5.56 Å². The van der Waals surface area contributed by atoms with Crippen molar-refractivity contribution in [2.75, 3.05) is 11.9 Å². The Balaban J connectivity index is 1.98. The summed E-state index contributed by atoms with van der Waals surface area (Å²) in [6.45, 7) is 1.89. The molecule has 0 atom stereocenters. The molecule has 2 rings (SSSR count). The quantitative estimate of drug-likeness (QED) is 0.829. The van der Waals surface area contributed by atoms with Gasteiger partial charge in [-0.3, -0.25) is 9.59 Å². The fraction of sp³-hybridized carbons (Fsp3) is 0.176. The Morgan fingerprint density at radius 2 is 1.86 bits per heavy atom. The first-order valence-electron chi connectivity index (χ1n) is 6.79. The molecule has 2 aromatic rings. The van der Waals surface area contributed by atoms with Gasteiger partial charge in [-0.05, 0) is 30.2 Å². The molecule has 0 aliphatic rings. The molecule has 0 saturated carbocycles. The second-order valence-electron chi connectivity index (χ2n) is 4.50. The van der Waals surface area contributed by atoms with Crippen LogP contribution >= 0.6 is 0 Å². The van der Waals surface area contributed by atoms with Gasteiger partial charge in [-0.15, -0.1) is 0 Å². The zero-order valence-electron chi connectivity index (χ0n) is 11.8. The topological polar surface area (TPSA) is 55.4 Å². The Morgan fingerprint density at radius 1 is 1.14 bits per heavy atom. The molecule has 0 aliphatic carbocycles. The molecule has 4 nitrogen and oxygen atoms in total. The van der Waals surface area contributed by atoms with Gasteiger partial charge in [0.2, 0.25) is 0 Å². The van der Waals surface area contributed by atoms with E-state index in [0.717, 1.165) is 17.7 Å². The predicted octanol–water partition coefficient (Wildman–Crippen LogP) is 3.08. The number of hydrogen-bond donors (Lipinski definition) is 1. The van der Waals surface area contributed by atoms with E-state index in [2.05, 4.69) is 5.32 Å². The minimum atomic E-state index is -0.253. The van der Waals surface area contributed by atoms with E-state index in [4.69, 9.17) is 4.74 Å². The van der Waals surface area contributed by atoms with Crippen LogP contribution in [0.5, 0.6) is 5.75 Å². The van der Waals surface area contributed by atoms with Crippen LogP contribution in [-0.2, 0) is 11.2 Å². The maximum atomic E-state index is 11.9. The number of aldehydes is 1. The van der Waals surface area contributed by atoms with Crippen molar-refractivity contribution in [1.82, 2.24) is 0 Å². The Labute approximate surface area is 123 Å². The van der Waals surface area contributed by atoms with Crippen LogP contribution in [-0.4, -0.2) is 18.8 Å². The highest BCUT2D eigenvalue weighted by Crippen LogP contribution is 2.17. The van der Waals surface area contributed by atoms with Gasteiger partial charge in [-0.25, -0.2) is 0 Å². The monoisotopic (exact) mass is 283 g/mol. The van der Waals surface area contributed by atoms with Crippen LogP contribution in [0, 0.1) is 0 Å². The summed E-state index contributed by atoms with van der Waals surface area (Å²) < 4.78 is 5.39. The summed E-state index contributed by atoms with van der Waals surface area (Å²) in [6, 6.07) is 14.4. The fourth-order valence-electron chi connectivity index (χ4n) is 1.99. The lowest BCUT2D eigenvalue weighted by molar-refractivity contribution is -0.118. The van der Waals surface area contributed by atoms with Crippen molar-refractivity contribution in [2.24, 2.45) is 0 Å². The average molecular weight is 283 g/mol. The second kappa shape index (κ2) is 7.24. The van der Waals surface area contributed by atoms with Crippen molar-refractivity contribution in [1.29, 1.82) is 0 Å². The lowest BCUT2D eigenvalue weighted by Gasteiger charge is -2.11. The van der Waals surface area contributed by atoms with Crippen LogP contribution in [0.25, 0.3) is 0 Å². The number of hydrogen-bond acceptors (Lipinski definition) is 3. The standard InChI is InChI=1S/C17H17NO3/c1-2-13-7-3-5-9-15(13)18-17(20)12-21-16-10-6-4-8-14(16)11-19/h3-11H,2,12H2,1H3,(H,18,20). The maximum Gasteiger partial charge on any atom is 0.262 e. The first kappa shape index (κ1) is 14.8. The fourth-order valence-corrected chi connectivity index (χ4v) is 1.99. The lowest BCUT2D eigenvalue weighted by atomic mass is 10.1. The minimum Gasteiger partial charge on any atom is -0.483 e. The van der Waals surface area contributed by atoms with Crippen LogP contribution in [0.1, 0.15) is 22.8 Å². The van der Waals surface area contributed by atoms with Crippen LogP contribution in [0.4, 0.5) is 5.69 Å². The van der Waals surface area contributed by atoms with Gasteiger partial charge in [0.15, 0.2) is 12.9 Å². The first-order chi connectivity index (χ1) is 10.2. The molecule has 1 amide bonds. The Morgan fingerprint density at radius 3 is 2.62 bits per heavy atom. The molecular formula is C17H17NO3. The maximum absolute atomic E-state index is 11.9. The third-order valence-corrected chi connectivity index (χ3v) is 3.08. The number of nitrogens with one attached hydrogen (secondary N) is 1. The molecule has 0 aromatic heterocycles. The van der Waals surface area contributed by atoms with Crippen molar-refractivity contribution >= 4 is 17.9 Å². The number of aryl methyl sites for hydroxylation is 1. The number of para-hydroxylation sites is 2. The van der Waals surface area contributed by atoms with Gasteiger partial charge in [-0.1, -0.05) is 37.3 Å². The zero-order valence-corrected chi connectivity index (χ0v) is 11.8. The second-order valence-corrected chi connectivity index (χ2v) is 4.50. The molecule has 0 bridgehead atoms. The summed E-state index contributed by atoms with van der Waals surface area (Å²) in [6.07, 6.45) is 1.55. The van der Waals surface area contributed by atoms with Crippen molar-refractivity contribution < 1.29 is 14.3 Å². The number of carbonyl (C=O) groups is 2. The number of ether oxygens (including phenoxy) is 1. The first-order valence-corrected chi connectivity index (χ1v) is 6.79. The van der Waals surface area contributed by atoms with Gasteiger partial charge >= 0.3 is 0 Å². The van der Waals surface area contributed by atoms with Crippen LogP contribution in [0.3, 0.4) is 0 Å². The predicted molar refractivity (Wildman–Crippen MR) is 81.8 cm³/mol. The number of amides is 1. The summed E-state index contributed by atoms with van der Waals surface area (Å²) in [5, 5.41) is 2.82. The number of benzene rings is 2. The van der Waals surface area contributed by atoms with E-state index in [1.54, 1.807) is 24.3 Å². The van der Waals surface area contributed by atoms with Crippen molar-refractivity contribution in [3.8, 4) is 5.75 Å². The van der Waals surface area contributed by atoms with E-state index in [9.17, 15) is 9.59 Å². The molecule has 0 aliphatic heterocycles. The van der Waals surface area contributed by atoms with Crippen molar-refractivity contribution in [2.45, 2.75) is 13.3 Å². The summed E-state index contributed by atoms with van der Waals surface area (Å²) >= 11 is 0. The number of carbonyl (C=O) groups excluding carboxylic acids is 2. The third kappa shape index (κ3) is 3.92. The lowest BCUT2D eigenvalue weighted by Crippen LogP contribution is -2.21. The smallest absolute Gasteiger partial charge is 0.262 e. The van der Waals surface area contributed by atoms with E-state index in [0.29, 0.717) is 17.6 Å². The highest BCUT2D eigenvalue weighted by Gasteiger charge is 2.08. The Bertz CT molecular complexity index is 637. The van der Waals surface area contributed by atoms with Crippen LogP contribution in [0.15, 0.2) is 48.5 Å². The van der Waals surface area contributed by atoms with Gasteiger partial charge < -0.3 is 10.1 Å². The summed E-state index contributed by atoms with van der Waals surface area (Å²) in [5.74, 6) is 0.156. The van der Waals surface area contributed by atoms with Gasteiger partial charge in [0.1, 0.15) is 5.75 Å². The Kier molecular flexibility index (Phi) is 5.10. The minimum absolute atomic E-state index is 0.136. The van der Waals surface area contributed by atoms with E-state index in [1.165, 1.54) is 0 Å². The highest BCUT2D eigenvalue weighted by atomic mass is 16.5. The zero-order chi connectivity index (χ0) is 15.1. The van der Waals surface area contributed by atoms with E-state index in [-0.39, 0.29) is 12.5 Å². The molecule has 0 saturated heterocycles. The van der Waals surface area contributed by atoms with Crippen LogP contribution in [0.2, 0.25) is 0 Å². The molecule has 0 spiro atoms. The molecular weight excluding hydrogens is 266 g/mol. The molecule has 108 valence electrons. The van der Waals surface area contributed by atoms with Crippen LogP contribution < -0.4 is 10.1 Å². The molecule has 4 heteroatoms. The number of rotatable bonds is 6. The van der Waals surface area contributed by atoms with Gasteiger partial charge in [0, 0.05) is 5.69 Å². The normalized spacial score (nSPS) is 9.95. The summed E-state index contributed by atoms with van der Waals surface area (Å²) in [7, 11) is 0. The molecule has 0 unspecified atom stereocenters. The van der Waals surface area contributed by atoms with Crippen molar-refractivity contribution in [3.63, 3.8) is 0 Å². The summed E-state index contributed by atoms with van der Waals surface area (Å²) in [4.78, 5) is 22.8. The highest BCUT2D eigenvalue weighted by molar-refractivity contribution is 5.92. The largest absolute Gasteiger partial charge is 0.483 e. The Hall–Kier alpha value is -2.62. The van der Waals surface area contributed by atoms with E-state index < -0.39 is 0 Å². The molecule has 0 radical (unpaired) electrons. The van der Waals surface area contributed by atoms with Crippen molar-refractivity contribution in [3.05, 3.63) is 59.7 Å². The SMILES string of the molecule is CCc1ccccc1NC(=O)COc1ccccc1C=O. The average Bonchev–Trinajstić information content (AvgIpc) is 2.53. The van der Waals surface area contributed by atoms with E-state index in [1.807, 2.05) is 31.2 Å². The van der Waals surface area contributed by atoms with E-state index >= 15 is 0 Å². The molecule has 21 heavy (non-hydrogen) atoms. The summed E-state index contributed by atoms with van der Waals surface area (Å²) in [5.41, 5.74) is 2.29.